The molecule has 0 aliphatic heterocycles. The number of H-pyrrole nitrogens is 1. The Morgan fingerprint density at radius 3 is 2.44 bits per heavy atom. The van der Waals surface area contributed by atoms with Crippen molar-refractivity contribution in [2.45, 2.75) is 18.4 Å². The van der Waals surface area contributed by atoms with Crippen LogP contribution in [0.25, 0.3) is 32.8 Å². The number of hydrogen-bond donors (Lipinski definition) is 3. The second kappa shape index (κ2) is 7.36. The molecule has 2 aromatic heterocycles. The Labute approximate surface area is 192 Å². The van der Waals surface area contributed by atoms with Crippen molar-refractivity contribution in [1.29, 1.82) is 0 Å². The number of aliphatic hydroxyl groups is 1. The number of carboxylic acid groups (broad SMARTS) is 1. The summed E-state index contributed by atoms with van der Waals surface area (Å²) in [5.41, 5.74) is 1.73. The predicted molar refractivity (Wildman–Crippen MR) is 123 cm³/mol. The van der Waals surface area contributed by atoms with Crippen molar-refractivity contribution < 1.29 is 24.1 Å². The average molecular weight is 455 g/mol. The Bertz CT molecular complexity index is 1570. The van der Waals surface area contributed by atoms with Crippen molar-refractivity contribution in [3.05, 3.63) is 83.9 Å². The second-order valence-electron chi connectivity index (χ2n) is 8.47. The van der Waals surface area contributed by atoms with Crippen molar-refractivity contribution in [2.75, 3.05) is 0 Å². The number of nitrogens with zero attached hydrogens (tertiary/aromatic N) is 2. The van der Waals surface area contributed by atoms with Gasteiger partial charge in [0.1, 0.15) is 17.2 Å². The van der Waals surface area contributed by atoms with Gasteiger partial charge in [0.15, 0.2) is 0 Å². The van der Waals surface area contributed by atoms with Gasteiger partial charge < -0.3 is 14.9 Å². The Hall–Kier alpha value is -4.30. The summed E-state index contributed by atoms with van der Waals surface area (Å²) in [6.07, 6.45) is 2.82. The zero-order chi connectivity index (χ0) is 23.4. The summed E-state index contributed by atoms with van der Waals surface area (Å²) in [4.78, 5) is 15.9. The number of aromatic nitrogens is 3. The molecule has 34 heavy (non-hydrogen) atoms. The smallest absolute Gasteiger partial charge is 0.335 e. The SMILES string of the molecule is O=C(O)c1ccc(Oc2nc(C3(O)CC3)c(-c3ccc(F)cc3)c3cc4cn[nH]c4cc23)cc1. The minimum absolute atomic E-state index is 0.143. The third-order valence-electron chi connectivity index (χ3n) is 6.14. The molecule has 3 N–H and O–H groups in total. The molecule has 0 spiro atoms. The van der Waals surface area contributed by atoms with E-state index in [1.165, 1.54) is 24.3 Å². The summed E-state index contributed by atoms with van der Waals surface area (Å²) in [5, 5.41) is 29.7. The molecule has 2 heterocycles. The lowest BCUT2D eigenvalue weighted by molar-refractivity contribution is 0.0697. The van der Waals surface area contributed by atoms with Crippen LogP contribution in [0.3, 0.4) is 0 Å². The monoisotopic (exact) mass is 455 g/mol. The molecule has 168 valence electrons. The van der Waals surface area contributed by atoms with Gasteiger partial charge in [-0.3, -0.25) is 5.10 Å². The number of ether oxygens (including phenoxy) is 1. The minimum Gasteiger partial charge on any atom is -0.478 e. The summed E-state index contributed by atoms with van der Waals surface area (Å²) in [7, 11) is 0. The van der Waals surface area contributed by atoms with Crippen molar-refractivity contribution >= 4 is 27.6 Å². The van der Waals surface area contributed by atoms with Crippen LogP contribution in [-0.4, -0.2) is 31.4 Å². The van der Waals surface area contributed by atoms with E-state index < -0.39 is 11.6 Å². The topological polar surface area (TPSA) is 108 Å². The standard InChI is InChI=1S/C26H18FN3O4/c27-17-5-1-14(2-6-17)22-19-11-16-13-28-30-21(16)12-20(19)24(29-23(22)26(33)9-10-26)34-18-7-3-15(4-8-18)25(31)32/h1-8,11-13,33H,9-10H2,(H,28,30)(H,31,32). The molecule has 0 amide bonds. The number of fused-ring (bicyclic) bond motifs is 2. The predicted octanol–water partition coefficient (Wildman–Crippen LogP) is 5.39. The van der Waals surface area contributed by atoms with Gasteiger partial charge in [-0.1, -0.05) is 12.1 Å². The van der Waals surface area contributed by atoms with Crippen LogP contribution in [0.5, 0.6) is 11.6 Å². The van der Waals surface area contributed by atoms with Crippen LogP contribution in [-0.2, 0) is 5.60 Å². The van der Waals surface area contributed by atoms with E-state index in [2.05, 4.69) is 10.2 Å². The van der Waals surface area contributed by atoms with E-state index >= 15 is 0 Å². The lowest BCUT2D eigenvalue weighted by Crippen LogP contribution is -2.11. The van der Waals surface area contributed by atoms with E-state index in [0.717, 1.165) is 21.9 Å². The highest BCUT2D eigenvalue weighted by molar-refractivity contribution is 6.07. The normalized spacial score (nSPS) is 14.4. The van der Waals surface area contributed by atoms with E-state index in [1.807, 2.05) is 12.1 Å². The molecule has 0 unspecified atom stereocenters. The first-order valence-corrected chi connectivity index (χ1v) is 10.7. The third-order valence-corrected chi connectivity index (χ3v) is 6.14. The van der Waals surface area contributed by atoms with Gasteiger partial charge in [-0.05, 0) is 72.3 Å². The number of benzene rings is 3. The zero-order valence-electron chi connectivity index (χ0n) is 17.7. The van der Waals surface area contributed by atoms with E-state index in [-0.39, 0.29) is 17.3 Å². The fourth-order valence-electron chi connectivity index (χ4n) is 4.18. The number of nitrogens with one attached hydrogen (secondary N) is 1. The number of halogens is 1. The fraction of sp³-hybridized carbons (Fsp3) is 0.115. The maximum absolute atomic E-state index is 13.7. The Kier molecular flexibility index (Phi) is 4.40. The van der Waals surface area contributed by atoms with Crippen molar-refractivity contribution in [3.63, 3.8) is 0 Å². The zero-order valence-corrected chi connectivity index (χ0v) is 17.7. The largest absolute Gasteiger partial charge is 0.478 e. The van der Waals surface area contributed by atoms with E-state index in [1.54, 1.807) is 30.5 Å². The summed E-state index contributed by atoms with van der Waals surface area (Å²) in [6.45, 7) is 0. The van der Waals surface area contributed by atoms with Gasteiger partial charge in [-0.25, -0.2) is 14.2 Å². The van der Waals surface area contributed by atoms with Crippen molar-refractivity contribution in [1.82, 2.24) is 15.2 Å². The molecule has 5 aromatic rings. The van der Waals surface area contributed by atoms with Gasteiger partial charge in [0.05, 0.1) is 23.0 Å². The van der Waals surface area contributed by atoms with Crippen LogP contribution < -0.4 is 4.74 Å². The van der Waals surface area contributed by atoms with Crippen LogP contribution in [0, 0.1) is 5.82 Å². The summed E-state index contributed by atoms with van der Waals surface area (Å²) in [6, 6.07) is 16.0. The quantitative estimate of drug-likeness (QED) is 0.328. The highest BCUT2D eigenvalue weighted by Crippen LogP contribution is 2.51. The summed E-state index contributed by atoms with van der Waals surface area (Å²) >= 11 is 0. The third kappa shape index (κ3) is 3.36. The second-order valence-corrected chi connectivity index (χ2v) is 8.47. The first kappa shape index (κ1) is 20.3. The molecular formula is C26H18FN3O4. The highest BCUT2D eigenvalue weighted by Gasteiger charge is 2.46. The molecule has 0 saturated heterocycles. The highest BCUT2D eigenvalue weighted by atomic mass is 19.1. The van der Waals surface area contributed by atoms with Crippen LogP contribution in [0.1, 0.15) is 28.9 Å². The van der Waals surface area contributed by atoms with Crippen LogP contribution in [0.15, 0.2) is 66.9 Å². The Morgan fingerprint density at radius 1 is 1.03 bits per heavy atom. The molecule has 0 radical (unpaired) electrons. The minimum atomic E-state index is -1.10. The first-order chi connectivity index (χ1) is 16.4. The lowest BCUT2D eigenvalue weighted by atomic mass is 9.93. The van der Waals surface area contributed by atoms with Gasteiger partial charge in [0.2, 0.25) is 5.88 Å². The molecule has 3 aromatic carbocycles. The Morgan fingerprint density at radius 2 is 1.76 bits per heavy atom. The average Bonchev–Trinajstić information content (AvgIpc) is 3.41. The summed E-state index contributed by atoms with van der Waals surface area (Å²) < 4.78 is 19.8. The summed E-state index contributed by atoms with van der Waals surface area (Å²) in [5.74, 6) is -0.698. The van der Waals surface area contributed by atoms with E-state index in [9.17, 15) is 14.3 Å². The van der Waals surface area contributed by atoms with Crippen molar-refractivity contribution in [2.24, 2.45) is 0 Å². The van der Waals surface area contributed by atoms with Crippen LogP contribution in [0.4, 0.5) is 4.39 Å². The van der Waals surface area contributed by atoms with Gasteiger partial charge >= 0.3 is 5.97 Å². The molecule has 1 saturated carbocycles. The molecule has 0 atom stereocenters. The number of carbonyl (C=O) groups is 1. The molecule has 1 fully saturated rings. The van der Waals surface area contributed by atoms with Gasteiger partial charge in [0.25, 0.3) is 0 Å². The number of pyridine rings is 1. The molecule has 8 heteroatoms. The van der Waals surface area contributed by atoms with Gasteiger partial charge in [-0.15, -0.1) is 0 Å². The van der Waals surface area contributed by atoms with Gasteiger partial charge in [-0.2, -0.15) is 5.10 Å². The number of rotatable bonds is 5. The molecule has 1 aliphatic carbocycles. The lowest BCUT2D eigenvalue weighted by Gasteiger charge is -2.19. The first-order valence-electron chi connectivity index (χ1n) is 10.7. The molecule has 1 aliphatic rings. The number of aromatic carboxylic acids is 1. The molecular weight excluding hydrogens is 437 g/mol. The molecule has 7 nitrogen and oxygen atoms in total. The van der Waals surface area contributed by atoms with Crippen LogP contribution >= 0.6 is 0 Å². The van der Waals surface area contributed by atoms with E-state index in [0.29, 0.717) is 35.2 Å². The van der Waals surface area contributed by atoms with E-state index in [4.69, 9.17) is 14.8 Å². The molecule has 0 bridgehead atoms. The number of aromatic amines is 1. The fourth-order valence-corrected chi connectivity index (χ4v) is 4.18. The number of hydrogen-bond acceptors (Lipinski definition) is 5. The molecule has 6 rings (SSSR count). The van der Waals surface area contributed by atoms with Gasteiger partial charge in [0, 0.05) is 16.3 Å². The maximum atomic E-state index is 13.7. The van der Waals surface area contributed by atoms with Crippen LogP contribution in [0.2, 0.25) is 0 Å². The Balaban J connectivity index is 1.61. The van der Waals surface area contributed by atoms with Crippen molar-refractivity contribution in [3.8, 4) is 22.8 Å². The maximum Gasteiger partial charge on any atom is 0.335 e. The number of carboxylic acids is 1.